The smallest absolute Gasteiger partial charge is 0.236 e. The van der Waals surface area contributed by atoms with Gasteiger partial charge in [-0.1, -0.05) is 59.3 Å². The van der Waals surface area contributed by atoms with Crippen molar-refractivity contribution < 1.29 is 14.3 Å². The second-order valence-corrected chi connectivity index (χ2v) is 11.3. The van der Waals surface area contributed by atoms with Crippen LogP contribution in [0.4, 0.5) is 0 Å². The molecular weight excluding hydrogens is 518 g/mol. The number of ether oxygens (including phenoxy) is 1. The largest absolute Gasteiger partial charge is 0.490 e. The monoisotopic (exact) mass is 555 g/mol. The van der Waals surface area contributed by atoms with E-state index in [1.54, 1.807) is 4.90 Å². The third kappa shape index (κ3) is 7.56. The van der Waals surface area contributed by atoms with E-state index in [-0.39, 0.29) is 23.8 Å². The minimum atomic E-state index is -0.117. The van der Waals surface area contributed by atoms with E-state index in [0.717, 1.165) is 54.1 Å². The number of halogens is 1. The topological polar surface area (TPSA) is 53.1 Å². The number of nitrogens with zero attached hydrogens (tertiary/aromatic N) is 3. The molecule has 0 aromatic heterocycles. The molecule has 2 fully saturated rings. The summed E-state index contributed by atoms with van der Waals surface area (Å²) in [5.41, 5.74) is 1.10. The van der Waals surface area contributed by atoms with E-state index in [9.17, 15) is 9.59 Å². The Labute approximate surface area is 223 Å². The molecule has 194 valence electrons. The summed E-state index contributed by atoms with van der Waals surface area (Å²) in [4.78, 5) is 32.5. The van der Waals surface area contributed by atoms with E-state index in [0.29, 0.717) is 32.6 Å². The van der Waals surface area contributed by atoms with Gasteiger partial charge in [0.1, 0.15) is 11.9 Å². The maximum absolute atomic E-state index is 13.2. The van der Waals surface area contributed by atoms with E-state index in [1.807, 2.05) is 66.5 Å². The number of rotatable bonds is 8. The minimum Gasteiger partial charge on any atom is -0.490 e. The van der Waals surface area contributed by atoms with Crippen molar-refractivity contribution in [1.82, 2.24) is 14.7 Å². The van der Waals surface area contributed by atoms with Gasteiger partial charge in [-0.15, -0.1) is 0 Å². The van der Waals surface area contributed by atoms with E-state index >= 15 is 0 Å². The highest BCUT2D eigenvalue weighted by molar-refractivity contribution is 9.10. The molecule has 2 heterocycles. The summed E-state index contributed by atoms with van der Waals surface area (Å²) < 4.78 is 7.35. The summed E-state index contributed by atoms with van der Waals surface area (Å²) in [6, 6.07) is 17.8. The van der Waals surface area contributed by atoms with Crippen molar-refractivity contribution in [2.45, 2.75) is 45.3 Å². The van der Waals surface area contributed by atoms with Crippen LogP contribution in [0.3, 0.4) is 0 Å². The van der Waals surface area contributed by atoms with Crippen LogP contribution in [0.5, 0.6) is 5.75 Å². The van der Waals surface area contributed by atoms with Crippen LogP contribution in [0, 0.1) is 11.8 Å². The maximum Gasteiger partial charge on any atom is 0.236 e. The second-order valence-electron chi connectivity index (χ2n) is 10.4. The van der Waals surface area contributed by atoms with E-state index in [1.165, 1.54) is 0 Å². The quantitative estimate of drug-likeness (QED) is 0.468. The molecule has 2 aliphatic rings. The van der Waals surface area contributed by atoms with Crippen LogP contribution in [-0.4, -0.2) is 72.4 Å². The maximum atomic E-state index is 13.2. The van der Waals surface area contributed by atoms with Crippen LogP contribution >= 0.6 is 15.9 Å². The van der Waals surface area contributed by atoms with Gasteiger partial charge in [-0.25, -0.2) is 0 Å². The first-order valence-electron chi connectivity index (χ1n) is 13.1. The number of amides is 2. The fraction of sp³-hybridized carbons (Fsp3) is 0.517. The lowest BCUT2D eigenvalue weighted by molar-refractivity contribution is -0.139. The van der Waals surface area contributed by atoms with Gasteiger partial charge in [-0.3, -0.25) is 14.5 Å². The first-order chi connectivity index (χ1) is 17.4. The zero-order valence-corrected chi connectivity index (χ0v) is 23.0. The van der Waals surface area contributed by atoms with Crippen molar-refractivity contribution >= 4 is 27.7 Å². The van der Waals surface area contributed by atoms with E-state index in [2.05, 4.69) is 27.8 Å². The summed E-state index contributed by atoms with van der Waals surface area (Å²) in [6.45, 7) is 6.51. The molecule has 2 saturated heterocycles. The van der Waals surface area contributed by atoms with Crippen molar-refractivity contribution in [3.8, 4) is 5.75 Å². The number of carbonyl (C=O) groups excluding carboxylic acids is 2. The predicted molar refractivity (Wildman–Crippen MR) is 146 cm³/mol. The Bertz CT molecular complexity index is 1010. The normalized spacial score (nSPS) is 21.2. The first-order valence-corrected chi connectivity index (χ1v) is 13.9. The molecule has 2 aliphatic heterocycles. The molecule has 2 atom stereocenters. The molecule has 0 aliphatic carbocycles. The lowest BCUT2D eigenvalue weighted by Gasteiger charge is -2.40. The Hall–Kier alpha value is -2.38. The molecule has 0 saturated carbocycles. The van der Waals surface area contributed by atoms with Crippen molar-refractivity contribution in [2.75, 3.05) is 39.8 Å². The average molecular weight is 557 g/mol. The van der Waals surface area contributed by atoms with Crippen LogP contribution in [0.15, 0.2) is 59.1 Å². The van der Waals surface area contributed by atoms with Gasteiger partial charge in [-0.05, 0) is 55.6 Å². The van der Waals surface area contributed by atoms with Crippen LogP contribution in [0.2, 0.25) is 0 Å². The summed E-state index contributed by atoms with van der Waals surface area (Å²) >= 11 is 3.51. The van der Waals surface area contributed by atoms with Gasteiger partial charge < -0.3 is 14.5 Å². The first kappa shape index (κ1) is 26.7. The van der Waals surface area contributed by atoms with Gasteiger partial charge >= 0.3 is 0 Å². The Kier molecular flexibility index (Phi) is 9.43. The molecular formula is C29H38BrN3O3. The second kappa shape index (κ2) is 12.7. The molecule has 4 rings (SSSR count). The summed E-state index contributed by atoms with van der Waals surface area (Å²) in [5.74, 6) is 1.71. The van der Waals surface area contributed by atoms with Gasteiger partial charge in [0.05, 0.1) is 6.54 Å². The summed E-state index contributed by atoms with van der Waals surface area (Å²) in [7, 11) is 1.85. The highest BCUT2D eigenvalue weighted by Crippen LogP contribution is 2.28. The SMILES string of the molecule is CC1CCN(CC(=O)N2CC[C@H](Oc3cccc(Br)c3)[C@@H](CC(=O)N(C)Cc3ccccc3)C2)CC1. The van der Waals surface area contributed by atoms with Crippen LogP contribution in [0.25, 0.3) is 0 Å². The third-order valence-corrected chi connectivity index (χ3v) is 7.95. The fourth-order valence-corrected chi connectivity index (χ4v) is 5.52. The average Bonchev–Trinajstić information content (AvgIpc) is 2.87. The van der Waals surface area contributed by atoms with Gasteiger partial charge in [0.15, 0.2) is 0 Å². The molecule has 0 bridgehead atoms. The van der Waals surface area contributed by atoms with E-state index < -0.39 is 0 Å². The molecule has 0 spiro atoms. The molecule has 0 radical (unpaired) electrons. The molecule has 2 aromatic rings. The Balaban J connectivity index is 1.41. The van der Waals surface area contributed by atoms with Crippen molar-refractivity contribution in [3.05, 3.63) is 64.6 Å². The van der Waals surface area contributed by atoms with Crippen LogP contribution in [0.1, 0.15) is 38.2 Å². The Morgan fingerprint density at radius 1 is 1.03 bits per heavy atom. The molecule has 6 nitrogen and oxygen atoms in total. The van der Waals surface area contributed by atoms with E-state index in [4.69, 9.17) is 4.74 Å². The Morgan fingerprint density at radius 2 is 1.78 bits per heavy atom. The van der Waals surface area contributed by atoms with Crippen LogP contribution < -0.4 is 4.74 Å². The van der Waals surface area contributed by atoms with Gasteiger partial charge in [0.25, 0.3) is 0 Å². The number of carbonyl (C=O) groups is 2. The lowest BCUT2D eigenvalue weighted by atomic mass is 9.90. The molecule has 0 N–H and O–H groups in total. The molecule has 2 amide bonds. The highest BCUT2D eigenvalue weighted by atomic mass is 79.9. The minimum absolute atomic E-state index is 0.0613. The number of likely N-dealkylation sites (tertiary alicyclic amines) is 2. The Morgan fingerprint density at radius 3 is 2.50 bits per heavy atom. The summed E-state index contributed by atoms with van der Waals surface area (Å²) in [5, 5.41) is 0. The molecule has 0 unspecified atom stereocenters. The zero-order valence-electron chi connectivity index (χ0n) is 21.4. The summed E-state index contributed by atoms with van der Waals surface area (Å²) in [6.07, 6.45) is 3.26. The predicted octanol–water partition coefficient (Wildman–Crippen LogP) is 4.83. The molecule has 2 aromatic carbocycles. The number of hydrogen-bond donors (Lipinski definition) is 0. The van der Waals surface area contributed by atoms with Gasteiger partial charge in [-0.2, -0.15) is 0 Å². The molecule has 7 heteroatoms. The third-order valence-electron chi connectivity index (χ3n) is 7.46. The van der Waals surface area contributed by atoms with Gasteiger partial charge in [0, 0.05) is 49.9 Å². The molecule has 36 heavy (non-hydrogen) atoms. The number of piperidine rings is 2. The standard InChI is InChI=1S/C29H38BrN3O3/c1-22-11-14-32(15-12-22)21-29(35)33-16-13-27(36-26-10-6-9-25(30)18-26)24(20-33)17-28(34)31(2)19-23-7-4-3-5-8-23/h3-10,18,22,24,27H,11-17,19-21H2,1-2H3/t24-,27-/m0/s1. The van der Waals surface area contributed by atoms with Crippen molar-refractivity contribution in [3.63, 3.8) is 0 Å². The van der Waals surface area contributed by atoms with Crippen LogP contribution in [-0.2, 0) is 16.1 Å². The zero-order chi connectivity index (χ0) is 25.5. The highest BCUT2D eigenvalue weighted by Gasteiger charge is 2.35. The number of hydrogen-bond acceptors (Lipinski definition) is 4. The van der Waals surface area contributed by atoms with Crippen molar-refractivity contribution in [2.24, 2.45) is 11.8 Å². The van der Waals surface area contributed by atoms with Gasteiger partial charge in [0.2, 0.25) is 11.8 Å². The lowest BCUT2D eigenvalue weighted by Crippen LogP contribution is -2.52. The van der Waals surface area contributed by atoms with Crippen molar-refractivity contribution in [1.29, 1.82) is 0 Å². The number of benzene rings is 2. The fourth-order valence-electron chi connectivity index (χ4n) is 5.14.